The molecule has 1 N–H and O–H groups in total. The van der Waals surface area contributed by atoms with Crippen LogP contribution in [0.25, 0.3) is 0 Å². The first-order valence-electron chi connectivity index (χ1n) is 14.4. The largest absolute Gasteiger partial charge is 0.481 e. The zero-order chi connectivity index (χ0) is 27.2. The number of fused-ring (bicyclic) bond motifs is 4. The number of carboxylic acid groups (broad SMARTS) is 1. The van der Waals surface area contributed by atoms with E-state index in [1.807, 2.05) is 0 Å². The SMILES string of the molecule is CC(C)=CCO[C@@H](C)[C@H]1CCC2=C3C=C[C@H]4C(C)(C)[C@@H](OC(=O)CCC(=O)O)CC[C@]4(C)[C@H]3CC[C@@]21C. The van der Waals surface area contributed by atoms with Gasteiger partial charge in [-0.1, -0.05) is 57.1 Å². The number of hydrogen-bond acceptors (Lipinski definition) is 4. The Morgan fingerprint density at radius 2 is 1.84 bits per heavy atom. The van der Waals surface area contributed by atoms with Crippen LogP contribution >= 0.6 is 0 Å². The van der Waals surface area contributed by atoms with E-state index in [4.69, 9.17) is 14.6 Å². The van der Waals surface area contributed by atoms with Gasteiger partial charge in [0, 0.05) is 5.41 Å². The molecule has 0 aromatic rings. The molecule has 4 rings (SSSR count). The lowest BCUT2D eigenvalue weighted by Crippen LogP contribution is -2.55. The van der Waals surface area contributed by atoms with Gasteiger partial charge in [0.1, 0.15) is 6.10 Å². The lowest BCUT2D eigenvalue weighted by atomic mass is 9.46. The molecule has 206 valence electrons. The molecule has 7 atom stereocenters. The summed E-state index contributed by atoms with van der Waals surface area (Å²) in [5.74, 6) is 0.0498. The molecule has 0 amide bonds. The molecule has 0 unspecified atom stereocenters. The van der Waals surface area contributed by atoms with Crippen molar-refractivity contribution in [1.29, 1.82) is 0 Å². The zero-order valence-corrected chi connectivity index (χ0v) is 24.1. The highest BCUT2D eigenvalue weighted by Gasteiger charge is 2.59. The van der Waals surface area contributed by atoms with Crippen LogP contribution in [-0.4, -0.2) is 35.9 Å². The van der Waals surface area contributed by atoms with E-state index in [1.165, 1.54) is 31.3 Å². The van der Waals surface area contributed by atoms with Crippen molar-refractivity contribution >= 4 is 11.9 Å². The Labute approximate surface area is 223 Å². The second-order valence-electron chi connectivity index (χ2n) is 13.5. The van der Waals surface area contributed by atoms with Gasteiger partial charge in [-0.3, -0.25) is 9.59 Å². The molecule has 4 aliphatic carbocycles. The molecule has 4 aliphatic rings. The van der Waals surface area contributed by atoms with Crippen LogP contribution in [0.4, 0.5) is 0 Å². The van der Waals surface area contributed by atoms with Crippen LogP contribution in [0.5, 0.6) is 0 Å². The predicted octanol–water partition coefficient (Wildman–Crippen LogP) is 7.27. The molecular weight excluding hydrogens is 464 g/mol. The van der Waals surface area contributed by atoms with E-state index in [1.54, 1.807) is 11.1 Å². The molecule has 0 aromatic heterocycles. The van der Waals surface area contributed by atoms with Gasteiger partial charge in [0.2, 0.25) is 0 Å². The maximum Gasteiger partial charge on any atom is 0.306 e. The van der Waals surface area contributed by atoms with Gasteiger partial charge in [-0.25, -0.2) is 0 Å². The fourth-order valence-corrected chi connectivity index (χ4v) is 8.60. The van der Waals surface area contributed by atoms with Crippen molar-refractivity contribution in [1.82, 2.24) is 0 Å². The number of carboxylic acids is 1. The number of aliphatic carboxylic acids is 1. The number of ether oxygens (including phenoxy) is 2. The van der Waals surface area contributed by atoms with Crippen LogP contribution in [0.2, 0.25) is 0 Å². The minimum Gasteiger partial charge on any atom is -0.481 e. The summed E-state index contributed by atoms with van der Waals surface area (Å²) < 4.78 is 12.2. The van der Waals surface area contributed by atoms with Crippen LogP contribution in [0.1, 0.15) is 99.8 Å². The van der Waals surface area contributed by atoms with E-state index in [0.717, 1.165) is 12.8 Å². The van der Waals surface area contributed by atoms with E-state index < -0.39 is 11.9 Å². The molecule has 0 saturated heterocycles. The van der Waals surface area contributed by atoms with Crippen molar-refractivity contribution in [3.05, 3.63) is 34.9 Å². The topological polar surface area (TPSA) is 72.8 Å². The maximum atomic E-state index is 12.4. The van der Waals surface area contributed by atoms with Crippen LogP contribution < -0.4 is 0 Å². The van der Waals surface area contributed by atoms with Gasteiger partial charge in [0.15, 0.2) is 0 Å². The summed E-state index contributed by atoms with van der Waals surface area (Å²) in [6, 6.07) is 0. The number of carbonyl (C=O) groups excluding carboxylic acids is 1. The molecule has 2 saturated carbocycles. The molecule has 37 heavy (non-hydrogen) atoms. The molecule has 5 heteroatoms. The van der Waals surface area contributed by atoms with Crippen molar-refractivity contribution in [2.24, 2.45) is 34.0 Å². The normalized spacial score (nSPS) is 36.7. The van der Waals surface area contributed by atoms with Crippen LogP contribution in [0.15, 0.2) is 34.9 Å². The summed E-state index contributed by atoms with van der Waals surface area (Å²) in [5, 5.41) is 8.93. The molecule has 0 spiro atoms. The Bertz CT molecular complexity index is 999. The lowest BCUT2D eigenvalue weighted by Gasteiger charge is -2.60. The zero-order valence-electron chi connectivity index (χ0n) is 24.1. The highest BCUT2D eigenvalue weighted by atomic mass is 16.5. The van der Waals surface area contributed by atoms with Gasteiger partial charge in [-0.2, -0.15) is 0 Å². The highest BCUT2D eigenvalue weighted by molar-refractivity contribution is 5.76. The third-order valence-electron chi connectivity index (χ3n) is 10.7. The van der Waals surface area contributed by atoms with E-state index >= 15 is 0 Å². The first kappa shape index (κ1) is 28.1. The van der Waals surface area contributed by atoms with E-state index in [9.17, 15) is 9.59 Å². The second kappa shape index (κ2) is 10.4. The van der Waals surface area contributed by atoms with Crippen molar-refractivity contribution in [3.63, 3.8) is 0 Å². The Kier molecular flexibility index (Phi) is 7.87. The first-order valence-corrected chi connectivity index (χ1v) is 14.4. The fourth-order valence-electron chi connectivity index (χ4n) is 8.60. The summed E-state index contributed by atoms with van der Waals surface area (Å²) >= 11 is 0. The lowest BCUT2D eigenvalue weighted by molar-refractivity contribution is -0.170. The average molecular weight is 513 g/mol. The molecule has 0 heterocycles. The summed E-state index contributed by atoms with van der Waals surface area (Å²) in [4.78, 5) is 23.3. The van der Waals surface area contributed by atoms with Crippen LogP contribution in [0, 0.1) is 34.0 Å². The van der Waals surface area contributed by atoms with Crippen molar-refractivity contribution in [2.45, 2.75) is 112 Å². The summed E-state index contributed by atoms with van der Waals surface area (Å²) in [6.45, 7) is 16.6. The smallest absolute Gasteiger partial charge is 0.306 e. The Balaban J connectivity index is 1.56. The molecule has 0 aliphatic heterocycles. The first-order chi connectivity index (χ1) is 17.3. The number of esters is 1. The molecule has 0 bridgehead atoms. The van der Waals surface area contributed by atoms with E-state index in [-0.39, 0.29) is 41.3 Å². The quantitative estimate of drug-likeness (QED) is 0.273. The van der Waals surface area contributed by atoms with Crippen LogP contribution in [0.3, 0.4) is 0 Å². The van der Waals surface area contributed by atoms with Crippen LogP contribution in [-0.2, 0) is 19.1 Å². The number of rotatable bonds is 8. The Morgan fingerprint density at radius 1 is 1.11 bits per heavy atom. The molecule has 2 fully saturated rings. The summed E-state index contributed by atoms with van der Waals surface area (Å²) in [5.41, 5.74) is 4.69. The third-order valence-corrected chi connectivity index (χ3v) is 10.7. The van der Waals surface area contributed by atoms with Gasteiger partial charge in [-0.05, 0) is 93.5 Å². The minimum atomic E-state index is -0.962. The van der Waals surface area contributed by atoms with Gasteiger partial charge in [0.05, 0.1) is 25.6 Å². The molecule has 0 aromatic carbocycles. The van der Waals surface area contributed by atoms with E-state index in [2.05, 4.69) is 66.7 Å². The van der Waals surface area contributed by atoms with Gasteiger partial charge >= 0.3 is 11.9 Å². The summed E-state index contributed by atoms with van der Waals surface area (Å²) in [6.07, 6.45) is 13.5. The minimum absolute atomic E-state index is 0.0607. The van der Waals surface area contributed by atoms with Crippen molar-refractivity contribution in [3.8, 4) is 0 Å². The fraction of sp³-hybridized carbons (Fsp3) is 0.750. The molecule has 0 radical (unpaired) electrons. The number of hydrogen-bond donors (Lipinski definition) is 1. The number of carbonyl (C=O) groups is 2. The van der Waals surface area contributed by atoms with Gasteiger partial charge in [-0.15, -0.1) is 0 Å². The highest BCUT2D eigenvalue weighted by Crippen LogP contribution is 2.66. The third kappa shape index (κ3) is 5.10. The van der Waals surface area contributed by atoms with E-state index in [0.29, 0.717) is 24.4 Å². The van der Waals surface area contributed by atoms with Gasteiger partial charge < -0.3 is 14.6 Å². The Hall–Kier alpha value is -1.88. The number of allylic oxidation sites excluding steroid dienone is 5. The monoisotopic (exact) mass is 512 g/mol. The predicted molar refractivity (Wildman–Crippen MR) is 146 cm³/mol. The summed E-state index contributed by atoms with van der Waals surface area (Å²) in [7, 11) is 0. The Morgan fingerprint density at radius 3 is 2.51 bits per heavy atom. The average Bonchev–Trinajstić information content (AvgIpc) is 3.16. The maximum absolute atomic E-state index is 12.4. The van der Waals surface area contributed by atoms with Crippen molar-refractivity contribution in [2.75, 3.05) is 6.61 Å². The van der Waals surface area contributed by atoms with Gasteiger partial charge in [0.25, 0.3) is 0 Å². The van der Waals surface area contributed by atoms with Crippen molar-refractivity contribution < 1.29 is 24.2 Å². The molecular formula is C32H48O5. The second-order valence-corrected chi connectivity index (χ2v) is 13.5. The molecule has 5 nitrogen and oxygen atoms in total. The standard InChI is InChI=1S/C32H48O5/c1-20(2)16-19-36-21(3)23-9-10-24-22-8-11-26-30(4,5)27(37-29(35)13-12-28(33)34)15-18-32(26,7)25(22)14-17-31(23,24)6/h8,11,16,21,23,25-27H,9-10,12-15,17-19H2,1-7H3,(H,33,34)/t21-,23+,25-,26-,27-,31+,32+/m0/s1.